The van der Waals surface area contributed by atoms with E-state index in [1.807, 2.05) is 0 Å². The van der Waals surface area contributed by atoms with E-state index in [1.165, 1.54) is 24.5 Å². The Labute approximate surface area is 102 Å². The molecule has 0 bridgehead atoms. The zero-order chi connectivity index (χ0) is 12.3. The number of carbonyl (C=O) groups excluding carboxylic acids is 1. The molecule has 0 amide bonds. The molecule has 17 heavy (non-hydrogen) atoms. The molecule has 5 heteroatoms. The molecule has 0 saturated heterocycles. The fourth-order valence-corrected chi connectivity index (χ4v) is 1.52. The second-order valence-corrected chi connectivity index (χ2v) is 3.84. The van der Waals surface area contributed by atoms with E-state index in [-0.39, 0.29) is 23.6 Å². The lowest BCUT2D eigenvalue weighted by Gasteiger charge is -2.02. The lowest BCUT2D eigenvalue weighted by Crippen LogP contribution is -2.09. The number of rotatable bonds is 3. The van der Waals surface area contributed by atoms with Crippen molar-refractivity contribution in [2.75, 3.05) is 0 Å². The first-order valence-corrected chi connectivity index (χ1v) is 5.29. The Balaban J connectivity index is 2.19. The van der Waals surface area contributed by atoms with Crippen LogP contribution in [0.3, 0.4) is 0 Å². The summed E-state index contributed by atoms with van der Waals surface area (Å²) in [6, 6.07) is 5.81. The summed E-state index contributed by atoms with van der Waals surface area (Å²) in [5, 5.41) is 0.301. The first-order valence-electron chi connectivity index (χ1n) is 4.91. The van der Waals surface area contributed by atoms with Crippen molar-refractivity contribution >= 4 is 17.4 Å². The second kappa shape index (κ2) is 5.01. The maximum atomic E-state index is 13.4. The van der Waals surface area contributed by atoms with E-state index in [1.54, 1.807) is 12.1 Å². The highest BCUT2D eigenvalue weighted by molar-refractivity contribution is 6.30. The van der Waals surface area contributed by atoms with Crippen molar-refractivity contribution in [1.82, 2.24) is 9.97 Å². The first-order chi connectivity index (χ1) is 8.16. The minimum Gasteiger partial charge on any atom is -0.290 e. The molecule has 0 fully saturated rings. The maximum Gasteiger partial charge on any atom is 0.204 e. The molecule has 0 radical (unpaired) electrons. The van der Waals surface area contributed by atoms with Crippen LogP contribution in [0.4, 0.5) is 4.39 Å². The predicted molar refractivity (Wildman–Crippen MR) is 61.5 cm³/mol. The van der Waals surface area contributed by atoms with E-state index >= 15 is 0 Å². The van der Waals surface area contributed by atoms with E-state index in [4.69, 9.17) is 11.6 Å². The van der Waals surface area contributed by atoms with Crippen molar-refractivity contribution in [3.63, 3.8) is 0 Å². The SMILES string of the molecule is O=C(Cc1ccc(Cl)cc1F)c1ncccn1. The average molecular weight is 251 g/mol. The third-order valence-corrected chi connectivity index (χ3v) is 2.42. The van der Waals surface area contributed by atoms with Gasteiger partial charge in [-0.05, 0) is 23.8 Å². The fourth-order valence-electron chi connectivity index (χ4n) is 1.36. The summed E-state index contributed by atoms with van der Waals surface area (Å²) in [4.78, 5) is 19.4. The summed E-state index contributed by atoms with van der Waals surface area (Å²) < 4.78 is 13.4. The average Bonchev–Trinajstić information content (AvgIpc) is 2.34. The minimum atomic E-state index is -0.498. The van der Waals surface area contributed by atoms with Crippen LogP contribution in [0.15, 0.2) is 36.7 Å². The predicted octanol–water partition coefficient (Wildman–Crippen LogP) is 2.69. The molecule has 0 unspecified atom stereocenters. The molecule has 1 aromatic carbocycles. The van der Waals surface area contributed by atoms with Crippen molar-refractivity contribution in [3.05, 3.63) is 58.9 Å². The molecule has 0 N–H and O–H groups in total. The topological polar surface area (TPSA) is 42.9 Å². The zero-order valence-electron chi connectivity index (χ0n) is 8.73. The Morgan fingerprint density at radius 1 is 1.29 bits per heavy atom. The van der Waals surface area contributed by atoms with Gasteiger partial charge in [-0.15, -0.1) is 0 Å². The molecule has 2 rings (SSSR count). The molecule has 1 heterocycles. The van der Waals surface area contributed by atoms with E-state index in [2.05, 4.69) is 9.97 Å². The molecule has 1 aromatic heterocycles. The third-order valence-electron chi connectivity index (χ3n) is 2.18. The van der Waals surface area contributed by atoms with Crippen molar-refractivity contribution < 1.29 is 9.18 Å². The summed E-state index contributed by atoms with van der Waals surface area (Å²) in [6.07, 6.45) is 2.86. The van der Waals surface area contributed by atoms with Gasteiger partial charge in [-0.3, -0.25) is 4.79 Å². The van der Waals surface area contributed by atoms with E-state index < -0.39 is 5.82 Å². The fraction of sp³-hybridized carbons (Fsp3) is 0.0833. The van der Waals surface area contributed by atoms with Gasteiger partial charge >= 0.3 is 0 Å². The zero-order valence-corrected chi connectivity index (χ0v) is 9.49. The molecule has 3 nitrogen and oxygen atoms in total. The minimum absolute atomic E-state index is 0.0764. The smallest absolute Gasteiger partial charge is 0.204 e. The Bertz CT molecular complexity index is 545. The van der Waals surface area contributed by atoms with E-state index in [0.29, 0.717) is 5.02 Å². The largest absolute Gasteiger partial charge is 0.290 e. The van der Waals surface area contributed by atoms with Gasteiger partial charge in [-0.2, -0.15) is 0 Å². The van der Waals surface area contributed by atoms with Crippen LogP contribution in [0, 0.1) is 5.82 Å². The summed E-state index contributed by atoms with van der Waals surface area (Å²) in [5.41, 5.74) is 0.284. The van der Waals surface area contributed by atoms with E-state index in [0.717, 1.165) is 0 Å². The summed E-state index contributed by atoms with van der Waals surface area (Å²) in [6.45, 7) is 0. The van der Waals surface area contributed by atoms with Crippen molar-refractivity contribution in [2.24, 2.45) is 0 Å². The van der Waals surface area contributed by atoms with Gasteiger partial charge < -0.3 is 0 Å². The highest BCUT2D eigenvalue weighted by atomic mass is 35.5. The van der Waals surface area contributed by atoms with Gasteiger partial charge in [0.05, 0.1) is 0 Å². The first kappa shape index (κ1) is 11.7. The molecule has 0 atom stereocenters. The Hall–Kier alpha value is -1.81. The monoisotopic (exact) mass is 250 g/mol. The molecule has 86 valence electrons. The van der Waals surface area contributed by atoms with Gasteiger partial charge in [0.1, 0.15) is 5.82 Å². The Morgan fingerprint density at radius 2 is 2.00 bits per heavy atom. The Kier molecular flexibility index (Phi) is 3.44. The molecule has 0 spiro atoms. The van der Waals surface area contributed by atoms with Crippen LogP contribution in [-0.2, 0) is 6.42 Å². The normalized spacial score (nSPS) is 10.2. The van der Waals surface area contributed by atoms with Crippen LogP contribution in [-0.4, -0.2) is 15.8 Å². The quantitative estimate of drug-likeness (QED) is 0.787. The number of ketones is 1. The molecule has 0 aliphatic rings. The van der Waals surface area contributed by atoms with Crippen LogP contribution in [0.25, 0.3) is 0 Å². The number of hydrogen-bond acceptors (Lipinski definition) is 3. The van der Waals surface area contributed by atoms with Crippen LogP contribution in [0.1, 0.15) is 16.2 Å². The number of carbonyl (C=O) groups is 1. The van der Waals surface area contributed by atoms with Gasteiger partial charge in [-0.25, -0.2) is 14.4 Å². The van der Waals surface area contributed by atoms with Crippen molar-refractivity contribution in [2.45, 2.75) is 6.42 Å². The Morgan fingerprint density at radius 3 is 2.65 bits per heavy atom. The number of aromatic nitrogens is 2. The third kappa shape index (κ3) is 2.85. The van der Waals surface area contributed by atoms with Gasteiger partial charge in [0.25, 0.3) is 0 Å². The lowest BCUT2D eigenvalue weighted by atomic mass is 10.1. The number of Topliss-reactive ketones (excluding diaryl/α,β-unsaturated/α-hetero) is 1. The van der Waals surface area contributed by atoms with E-state index in [9.17, 15) is 9.18 Å². The summed E-state index contributed by atoms with van der Waals surface area (Å²) in [5.74, 6) is -0.740. The molecule has 0 saturated carbocycles. The highest BCUT2D eigenvalue weighted by Crippen LogP contribution is 2.15. The highest BCUT2D eigenvalue weighted by Gasteiger charge is 2.12. The maximum absolute atomic E-state index is 13.4. The second-order valence-electron chi connectivity index (χ2n) is 3.41. The van der Waals surface area contributed by atoms with Gasteiger partial charge in [0, 0.05) is 23.8 Å². The number of benzene rings is 1. The molecule has 2 aromatic rings. The molecular weight excluding hydrogens is 243 g/mol. The van der Waals surface area contributed by atoms with Crippen LogP contribution < -0.4 is 0 Å². The van der Waals surface area contributed by atoms with Gasteiger partial charge in [-0.1, -0.05) is 17.7 Å². The number of hydrogen-bond donors (Lipinski definition) is 0. The van der Waals surface area contributed by atoms with Gasteiger partial charge in [0.15, 0.2) is 5.82 Å². The lowest BCUT2D eigenvalue weighted by molar-refractivity contribution is 0.0982. The van der Waals surface area contributed by atoms with Crippen LogP contribution >= 0.6 is 11.6 Å². The number of nitrogens with zero attached hydrogens (tertiary/aromatic N) is 2. The molecule has 0 aliphatic heterocycles. The van der Waals surface area contributed by atoms with Gasteiger partial charge in [0.2, 0.25) is 5.78 Å². The van der Waals surface area contributed by atoms with Crippen LogP contribution in [0.2, 0.25) is 5.02 Å². The van der Waals surface area contributed by atoms with Crippen molar-refractivity contribution in [1.29, 1.82) is 0 Å². The molecule has 0 aliphatic carbocycles. The summed E-state index contributed by atoms with van der Waals surface area (Å²) >= 11 is 5.62. The summed E-state index contributed by atoms with van der Waals surface area (Å²) in [7, 11) is 0. The standard InChI is InChI=1S/C12H8ClFN2O/c13-9-3-2-8(10(14)7-9)6-11(17)12-15-4-1-5-16-12/h1-5,7H,6H2. The number of halogens is 2. The van der Waals surface area contributed by atoms with Crippen molar-refractivity contribution in [3.8, 4) is 0 Å². The molecular formula is C12H8ClFN2O. The van der Waals surface area contributed by atoms with Crippen LogP contribution in [0.5, 0.6) is 0 Å².